The van der Waals surface area contributed by atoms with Crippen molar-refractivity contribution >= 4 is 27.3 Å². The maximum absolute atomic E-state index is 13.5. The molecule has 1 saturated heterocycles. The minimum Gasteiger partial charge on any atom is -0.340 e. The van der Waals surface area contributed by atoms with Crippen LogP contribution in [-0.2, 0) is 19.4 Å². The number of alkyl halides is 2. The van der Waals surface area contributed by atoms with E-state index in [1.807, 2.05) is 9.80 Å². The number of carbonyl (C=O) groups is 2. The molecule has 0 spiro atoms. The molecule has 5 aliphatic rings. The number of amides is 2. The lowest BCUT2D eigenvalue weighted by Crippen LogP contribution is -2.58. The Morgan fingerprint density at radius 1 is 0.971 bits per heavy atom. The van der Waals surface area contributed by atoms with E-state index >= 15 is 0 Å². The topological polar surface area (TPSA) is 86.8 Å². The fourth-order valence-corrected chi connectivity index (χ4v) is 8.01. The number of benzene rings is 1. The predicted molar refractivity (Wildman–Crippen MR) is 122 cm³/mol. The first-order valence-corrected chi connectivity index (χ1v) is 13.6. The Morgan fingerprint density at radius 3 is 2.09 bits per heavy atom. The van der Waals surface area contributed by atoms with Gasteiger partial charge in [-0.15, -0.1) is 0 Å². The second-order valence-corrected chi connectivity index (χ2v) is 12.5. The number of halogens is 2. The van der Waals surface area contributed by atoms with Gasteiger partial charge in [0, 0.05) is 26.2 Å². The molecule has 1 aliphatic heterocycles. The Morgan fingerprint density at radius 2 is 1.53 bits per heavy atom. The molecule has 1 aromatic carbocycles. The fourth-order valence-electron chi connectivity index (χ4n) is 7.12. The largest absolute Gasteiger partial charge is 0.341 e. The third-order valence-electron chi connectivity index (χ3n) is 8.22. The van der Waals surface area contributed by atoms with Gasteiger partial charge < -0.3 is 10.2 Å². The lowest BCUT2D eigenvalue weighted by atomic mass is 9.49. The zero-order valence-electron chi connectivity index (χ0n) is 19.1. The highest BCUT2D eigenvalue weighted by atomic mass is 32.2. The van der Waals surface area contributed by atoms with Crippen molar-refractivity contribution in [2.75, 3.05) is 38.0 Å². The van der Waals surface area contributed by atoms with Crippen LogP contribution in [0.5, 0.6) is 0 Å². The third-order valence-corrected chi connectivity index (χ3v) is 9.66. The number of sulfone groups is 1. The number of para-hydroxylation sites is 1. The molecule has 1 aromatic rings. The summed E-state index contributed by atoms with van der Waals surface area (Å²) in [4.78, 5) is 29.4. The maximum atomic E-state index is 13.5. The van der Waals surface area contributed by atoms with Crippen molar-refractivity contribution in [2.45, 2.75) is 49.2 Å². The van der Waals surface area contributed by atoms with Crippen LogP contribution in [0.25, 0.3) is 0 Å². The van der Waals surface area contributed by atoms with Gasteiger partial charge in [-0.05, 0) is 68.4 Å². The van der Waals surface area contributed by atoms with Crippen LogP contribution in [0.2, 0.25) is 0 Å². The summed E-state index contributed by atoms with van der Waals surface area (Å²) in [7, 11) is -4.83. The van der Waals surface area contributed by atoms with E-state index in [-0.39, 0.29) is 17.6 Å². The molecule has 4 saturated carbocycles. The third kappa shape index (κ3) is 4.34. The quantitative estimate of drug-likeness (QED) is 0.656. The standard InChI is InChI=1S/C24H31F2N3O4S/c25-23(26)34(32,33)20-4-2-1-3-19(20)27-21(30)15-28-5-7-29(8-6-28)22(31)24-12-16-9-17(13-24)11-18(10-16)14-24/h1-4,16-18,23H,5-15H2,(H,27,30). The molecule has 2 amide bonds. The first kappa shape index (κ1) is 23.7. The molecular weight excluding hydrogens is 464 g/mol. The van der Waals surface area contributed by atoms with Crippen molar-refractivity contribution < 1.29 is 26.8 Å². The Balaban J connectivity index is 1.16. The maximum Gasteiger partial charge on any atom is 0.341 e. The van der Waals surface area contributed by atoms with Gasteiger partial charge in [0.25, 0.3) is 0 Å². The highest BCUT2D eigenvalue weighted by Gasteiger charge is 2.55. The lowest BCUT2D eigenvalue weighted by molar-refractivity contribution is -0.159. The number of rotatable bonds is 6. The number of carbonyl (C=O) groups excluding carboxylic acids is 2. The van der Waals surface area contributed by atoms with Crippen molar-refractivity contribution in [3.63, 3.8) is 0 Å². The molecule has 0 aromatic heterocycles. The van der Waals surface area contributed by atoms with Crippen molar-refractivity contribution in [1.82, 2.24) is 9.80 Å². The molecule has 1 heterocycles. The molecule has 34 heavy (non-hydrogen) atoms. The van der Waals surface area contributed by atoms with Crippen LogP contribution in [0.3, 0.4) is 0 Å². The highest BCUT2D eigenvalue weighted by Crippen LogP contribution is 2.60. The van der Waals surface area contributed by atoms with Crippen LogP contribution in [-0.4, -0.2) is 68.5 Å². The lowest BCUT2D eigenvalue weighted by Gasteiger charge is -2.57. The van der Waals surface area contributed by atoms with Gasteiger partial charge in [-0.3, -0.25) is 14.5 Å². The number of nitrogens with one attached hydrogen (secondary N) is 1. The number of hydrogen-bond donors (Lipinski definition) is 1. The Kier molecular flexibility index (Phi) is 6.16. The molecule has 7 nitrogen and oxygen atoms in total. The Labute approximate surface area is 198 Å². The van der Waals surface area contributed by atoms with Crippen molar-refractivity contribution in [3.8, 4) is 0 Å². The number of hydrogen-bond acceptors (Lipinski definition) is 5. The Hall–Kier alpha value is -2.07. The van der Waals surface area contributed by atoms with E-state index in [0.29, 0.717) is 49.8 Å². The smallest absolute Gasteiger partial charge is 0.340 e. The summed E-state index contributed by atoms with van der Waals surface area (Å²) in [5, 5.41) is 2.47. The van der Waals surface area contributed by atoms with Crippen molar-refractivity contribution in [2.24, 2.45) is 23.2 Å². The van der Waals surface area contributed by atoms with Gasteiger partial charge >= 0.3 is 5.76 Å². The minimum atomic E-state index is -4.83. The van der Waals surface area contributed by atoms with Gasteiger partial charge in [0.05, 0.1) is 22.5 Å². The molecule has 4 bridgehead atoms. The van der Waals surface area contributed by atoms with Crippen molar-refractivity contribution in [3.05, 3.63) is 24.3 Å². The summed E-state index contributed by atoms with van der Waals surface area (Å²) in [5.74, 6) is -1.63. The van der Waals surface area contributed by atoms with E-state index in [1.165, 1.54) is 37.5 Å². The predicted octanol–water partition coefficient (Wildman–Crippen LogP) is 2.98. The summed E-state index contributed by atoms with van der Waals surface area (Å²) >= 11 is 0. The molecule has 6 rings (SSSR count). The van der Waals surface area contributed by atoms with Gasteiger partial charge in [-0.25, -0.2) is 8.42 Å². The molecule has 1 N–H and O–H groups in total. The van der Waals surface area contributed by atoms with Gasteiger partial charge in [0.15, 0.2) is 0 Å². The summed E-state index contributed by atoms with van der Waals surface area (Å²) < 4.78 is 49.8. The van der Waals surface area contributed by atoms with Crippen LogP contribution in [0, 0.1) is 23.2 Å². The van der Waals surface area contributed by atoms with Gasteiger partial charge in [-0.2, -0.15) is 8.78 Å². The fraction of sp³-hybridized carbons (Fsp3) is 0.667. The molecule has 0 atom stereocenters. The minimum absolute atomic E-state index is 0.00244. The zero-order chi connectivity index (χ0) is 24.1. The van der Waals surface area contributed by atoms with E-state index in [1.54, 1.807) is 0 Å². The Bertz CT molecular complexity index is 1030. The van der Waals surface area contributed by atoms with Gasteiger partial charge in [0.2, 0.25) is 21.7 Å². The van der Waals surface area contributed by atoms with Crippen molar-refractivity contribution in [1.29, 1.82) is 0 Å². The normalized spacial score (nSPS) is 31.1. The monoisotopic (exact) mass is 495 g/mol. The summed E-state index contributed by atoms with van der Waals surface area (Å²) in [6.45, 7) is 2.21. The number of nitrogens with zero attached hydrogens (tertiary/aromatic N) is 2. The molecule has 4 aliphatic carbocycles. The number of piperazine rings is 1. The SMILES string of the molecule is O=C(CN1CCN(C(=O)C23CC4CC(CC(C4)C2)C3)CC1)Nc1ccccc1S(=O)(=O)C(F)F. The van der Waals surface area contributed by atoms with Crippen LogP contribution < -0.4 is 5.32 Å². The molecule has 0 radical (unpaired) electrons. The van der Waals surface area contributed by atoms with Crippen LogP contribution in [0.1, 0.15) is 38.5 Å². The van der Waals surface area contributed by atoms with Gasteiger partial charge in [0.1, 0.15) is 0 Å². The van der Waals surface area contributed by atoms with Crippen LogP contribution >= 0.6 is 0 Å². The average Bonchev–Trinajstić information content (AvgIpc) is 2.78. The highest BCUT2D eigenvalue weighted by molar-refractivity contribution is 7.91. The second kappa shape index (κ2) is 8.86. The first-order valence-electron chi connectivity index (χ1n) is 12.1. The zero-order valence-corrected chi connectivity index (χ0v) is 19.9. The molecular formula is C24H31F2N3O4S. The first-order chi connectivity index (χ1) is 16.2. The van der Waals surface area contributed by atoms with E-state index in [2.05, 4.69) is 5.32 Å². The van der Waals surface area contributed by atoms with Gasteiger partial charge in [-0.1, -0.05) is 12.1 Å². The van der Waals surface area contributed by atoms with E-state index in [9.17, 15) is 26.8 Å². The molecule has 5 fully saturated rings. The van der Waals surface area contributed by atoms with Crippen LogP contribution in [0.15, 0.2) is 29.2 Å². The summed E-state index contributed by atoms with van der Waals surface area (Å²) in [6, 6.07) is 5.18. The van der Waals surface area contributed by atoms with E-state index in [0.717, 1.165) is 25.3 Å². The molecule has 0 unspecified atom stereocenters. The van der Waals surface area contributed by atoms with Crippen LogP contribution in [0.4, 0.5) is 14.5 Å². The summed E-state index contributed by atoms with van der Waals surface area (Å²) in [6.07, 6.45) is 6.95. The summed E-state index contributed by atoms with van der Waals surface area (Å²) in [5.41, 5.74) is -0.322. The molecule has 10 heteroatoms. The number of anilines is 1. The average molecular weight is 496 g/mol. The molecule has 186 valence electrons. The van der Waals surface area contributed by atoms with E-state index in [4.69, 9.17) is 0 Å². The van der Waals surface area contributed by atoms with E-state index < -0.39 is 26.4 Å². The second-order valence-electron chi connectivity index (χ2n) is 10.6.